The molecule has 9 aromatic carbocycles. The molecule has 3 heteroatoms. The first-order valence-corrected chi connectivity index (χ1v) is 20.1. The van der Waals surface area contributed by atoms with Crippen LogP contribution in [0.1, 0.15) is 12.7 Å². The van der Waals surface area contributed by atoms with Crippen molar-refractivity contribution in [1.29, 1.82) is 0 Å². The van der Waals surface area contributed by atoms with Gasteiger partial charge in [-0.2, -0.15) is 0 Å². The first kappa shape index (κ1) is 32.7. The first-order valence-electron chi connectivity index (χ1n) is 20.1. The highest BCUT2D eigenvalue weighted by atomic mass is 16.3. The van der Waals surface area contributed by atoms with E-state index in [0.717, 1.165) is 62.0 Å². The van der Waals surface area contributed by atoms with Crippen LogP contribution in [0.3, 0.4) is 0 Å². The van der Waals surface area contributed by atoms with Crippen molar-refractivity contribution in [2.24, 2.45) is 0 Å². The summed E-state index contributed by atoms with van der Waals surface area (Å²) in [5, 5.41) is 4.80. The molecule has 0 amide bonds. The lowest BCUT2D eigenvalue weighted by atomic mass is 9.76. The van der Waals surface area contributed by atoms with Gasteiger partial charge in [0.05, 0.1) is 11.0 Å². The van der Waals surface area contributed by atoms with Gasteiger partial charge in [0.25, 0.3) is 0 Å². The van der Waals surface area contributed by atoms with Gasteiger partial charge in [0.15, 0.2) is 0 Å². The average Bonchev–Trinajstić information content (AvgIpc) is 3.97. The second-order valence-corrected chi connectivity index (χ2v) is 15.3. The van der Waals surface area contributed by atoms with Crippen molar-refractivity contribution in [2.45, 2.75) is 13.3 Å². The molecule has 58 heavy (non-hydrogen) atoms. The van der Waals surface area contributed by atoms with Crippen LogP contribution in [0.5, 0.6) is 0 Å². The maximum atomic E-state index is 6.62. The number of aryl methyl sites for hydroxylation is 1. The summed E-state index contributed by atoms with van der Waals surface area (Å²) in [6.45, 7) is 2.18. The van der Waals surface area contributed by atoms with E-state index in [-0.39, 0.29) is 0 Å². The Labute approximate surface area is 336 Å². The molecule has 0 atom stereocenters. The summed E-state index contributed by atoms with van der Waals surface area (Å²) in [5.41, 5.74) is 19.6. The molecule has 0 spiro atoms. The second-order valence-electron chi connectivity index (χ2n) is 15.3. The fourth-order valence-corrected chi connectivity index (χ4v) is 9.67. The zero-order valence-electron chi connectivity index (χ0n) is 31.9. The number of imidazole rings is 1. The normalized spacial score (nSPS) is 11.9. The van der Waals surface area contributed by atoms with E-state index in [4.69, 9.17) is 9.40 Å². The summed E-state index contributed by atoms with van der Waals surface area (Å²) < 4.78 is 8.92. The third kappa shape index (κ3) is 4.77. The SMILES string of the molecule is CCc1nc2ccccc2n1-c1ccc(-c2c(-c3ccc4c(c3)oc3ccccc34)c(-c3ccccc3)c3c(c2-c2ccccc2)-c2cccc4cccc-3c24)cc1. The Balaban J connectivity index is 1.25. The summed E-state index contributed by atoms with van der Waals surface area (Å²) in [7, 11) is 0. The molecule has 12 rings (SSSR count). The van der Waals surface area contributed by atoms with E-state index in [9.17, 15) is 0 Å². The molecule has 11 aromatic rings. The van der Waals surface area contributed by atoms with E-state index in [2.05, 4.69) is 193 Å². The minimum Gasteiger partial charge on any atom is -0.456 e. The second kappa shape index (κ2) is 12.8. The summed E-state index contributed by atoms with van der Waals surface area (Å²) in [5.74, 6) is 1.05. The quantitative estimate of drug-likeness (QED) is 0.170. The third-order valence-corrected chi connectivity index (χ3v) is 12.1. The van der Waals surface area contributed by atoms with E-state index in [1.165, 1.54) is 66.4 Å². The number of furan rings is 1. The van der Waals surface area contributed by atoms with Gasteiger partial charge in [-0.15, -0.1) is 0 Å². The van der Waals surface area contributed by atoms with Crippen molar-refractivity contribution in [3.63, 3.8) is 0 Å². The molecular weight excluding hydrogens is 705 g/mol. The topological polar surface area (TPSA) is 31.0 Å². The zero-order valence-corrected chi connectivity index (χ0v) is 31.9. The van der Waals surface area contributed by atoms with Gasteiger partial charge >= 0.3 is 0 Å². The Bertz CT molecular complexity index is 3400. The van der Waals surface area contributed by atoms with Crippen LogP contribution in [0.25, 0.3) is 116 Å². The average molecular weight is 741 g/mol. The summed E-state index contributed by atoms with van der Waals surface area (Å²) in [6.07, 6.45) is 0.834. The molecule has 0 fully saturated rings. The summed E-state index contributed by atoms with van der Waals surface area (Å²) >= 11 is 0. The fourth-order valence-electron chi connectivity index (χ4n) is 9.67. The number of benzene rings is 9. The zero-order chi connectivity index (χ0) is 38.3. The highest BCUT2D eigenvalue weighted by Gasteiger charge is 2.34. The molecule has 272 valence electrons. The minimum absolute atomic E-state index is 0.834. The van der Waals surface area contributed by atoms with Gasteiger partial charge in [-0.05, 0) is 120 Å². The van der Waals surface area contributed by atoms with Crippen LogP contribution in [0, 0.1) is 0 Å². The Morgan fingerprint density at radius 1 is 0.448 bits per heavy atom. The maximum Gasteiger partial charge on any atom is 0.136 e. The van der Waals surface area contributed by atoms with Crippen LogP contribution in [-0.4, -0.2) is 9.55 Å². The predicted octanol–water partition coefficient (Wildman–Crippen LogP) is 15.0. The molecule has 1 aliphatic carbocycles. The molecule has 0 saturated carbocycles. The Kier molecular flexibility index (Phi) is 7.21. The monoisotopic (exact) mass is 740 g/mol. The highest BCUT2D eigenvalue weighted by Crippen LogP contribution is 2.61. The molecule has 0 radical (unpaired) electrons. The Morgan fingerprint density at radius 2 is 1.00 bits per heavy atom. The Morgan fingerprint density at radius 3 is 1.69 bits per heavy atom. The van der Waals surface area contributed by atoms with Gasteiger partial charge in [0, 0.05) is 22.9 Å². The molecule has 0 unspecified atom stereocenters. The number of nitrogens with zero attached hydrogens (tertiary/aromatic N) is 2. The fraction of sp³-hybridized carbons (Fsp3) is 0.0364. The van der Waals surface area contributed by atoms with Crippen LogP contribution in [0.2, 0.25) is 0 Å². The van der Waals surface area contributed by atoms with Crippen molar-refractivity contribution in [1.82, 2.24) is 9.55 Å². The van der Waals surface area contributed by atoms with Crippen molar-refractivity contribution < 1.29 is 4.42 Å². The van der Waals surface area contributed by atoms with Crippen LogP contribution in [0.15, 0.2) is 192 Å². The first-order chi connectivity index (χ1) is 28.7. The lowest BCUT2D eigenvalue weighted by Crippen LogP contribution is -2.01. The van der Waals surface area contributed by atoms with Crippen molar-refractivity contribution in [2.75, 3.05) is 0 Å². The van der Waals surface area contributed by atoms with Crippen molar-refractivity contribution in [3.8, 4) is 72.4 Å². The maximum absolute atomic E-state index is 6.62. The van der Waals surface area contributed by atoms with Crippen molar-refractivity contribution in [3.05, 3.63) is 194 Å². The molecule has 3 nitrogen and oxygen atoms in total. The molecule has 2 aromatic heterocycles. The minimum atomic E-state index is 0.834. The van der Waals surface area contributed by atoms with Crippen LogP contribution in [0.4, 0.5) is 0 Å². The molecule has 0 saturated heterocycles. The van der Waals surface area contributed by atoms with Crippen LogP contribution >= 0.6 is 0 Å². The molecule has 0 aliphatic heterocycles. The largest absolute Gasteiger partial charge is 0.456 e. The smallest absolute Gasteiger partial charge is 0.136 e. The van der Waals surface area contributed by atoms with E-state index in [0.29, 0.717) is 0 Å². The summed E-state index contributed by atoms with van der Waals surface area (Å²) in [6, 6.07) is 68.3. The lowest BCUT2D eigenvalue weighted by Gasteiger charge is -2.26. The number of aromatic nitrogens is 2. The van der Waals surface area contributed by atoms with Gasteiger partial charge in [-0.1, -0.05) is 153 Å². The standard InChI is InChI=1S/C55H36N2O/c1-2-48-56-44-24-10-11-25-45(44)57(48)39-30-27-37(28-31-39)50-51(35-15-5-3-6-16-35)54-42-22-13-19-34-20-14-23-43(49(34)42)55(54)52(36-17-7-4-8-18-36)53(50)38-29-32-41-40-21-9-12-26-46(40)58-47(41)33-38/h3-33H,2H2,1H3. The number of para-hydroxylation sites is 3. The Hall–Kier alpha value is -7.49. The number of hydrogen-bond donors (Lipinski definition) is 0. The highest BCUT2D eigenvalue weighted by molar-refractivity contribution is 6.26. The van der Waals surface area contributed by atoms with Gasteiger partial charge in [-0.25, -0.2) is 4.98 Å². The van der Waals surface area contributed by atoms with E-state index in [1.807, 2.05) is 6.07 Å². The molecule has 1 aliphatic rings. The van der Waals surface area contributed by atoms with Crippen molar-refractivity contribution >= 4 is 43.7 Å². The van der Waals surface area contributed by atoms with E-state index < -0.39 is 0 Å². The van der Waals surface area contributed by atoms with Gasteiger partial charge in [0.2, 0.25) is 0 Å². The predicted molar refractivity (Wildman–Crippen MR) is 241 cm³/mol. The summed E-state index contributed by atoms with van der Waals surface area (Å²) in [4.78, 5) is 5.01. The van der Waals surface area contributed by atoms with Gasteiger partial charge in [-0.3, -0.25) is 4.57 Å². The third-order valence-electron chi connectivity index (χ3n) is 12.1. The molecule has 2 heterocycles. The van der Waals surface area contributed by atoms with Crippen LogP contribution in [-0.2, 0) is 6.42 Å². The molecular formula is C55H36N2O. The number of rotatable bonds is 6. The molecule has 0 N–H and O–H groups in total. The van der Waals surface area contributed by atoms with E-state index >= 15 is 0 Å². The number of hydrogen-bond acceptors (Lipinski definition) is 2. The molecule has 0 bridgehead atoms. The van der Waals surface area contributed by atoms with Gasteiger partial charge in [0.1, 0.15) is 17.0 Å². The van der Waals surface area contributed by atoms with Crippen LogP contribution < -0.4 is 0 Å². The lowest BCUT2D eigenvalue weighted by molar-refractivity contribution is 0.669. The number of fused-ring (bicyclic) bond motifs is 7. The van der Waals surface area contributed by atoms with E-state index in [1.54, 1.807) is 0 Å². The van der Waals surface area contributed by atoms with Gasteiger partial charge < -0.3 is 4.42 Å².